The maximum Gasteiger partial charge on any atom is 0.416 e. The van der Waals surface area contributed by atoms with E-state index in [1.807, 2.05) is 32.0 Å². The van der Waals surface area contributed by atoms with Crippen LogP contribution in [0.4, 0.5) is 23.1 Å². The lowest BCUT2D eigenvalue weighted by molar-refractivity contribution is -0.137. The summed E-state index contributed by atoms with van der Waals surface area (Å²) in [6.45, 7) is 7.66. The van der Waals surface area contributed by atoms with Crippen molar-refractivity contribution in [3.63, 3.8) is 0 Å². The van der Waals surface area contributed by atoms with E-state index in [0.717, 1.165) is 44.6 Å². The zero-order chi connectivity index (χ0) is 26.2. The Hall–Kier alpha value is -2.85. The van der Waals surface area contributed by atoms with Crippen molar-refractivity contribution in [1.29, 1.82) is 0 Å². The molecule has 2 fully saturated rings. The number of fused-ring (bicyclic) bond motifs is 1. The van der Waals surface area contributed by atoms with E-state index in [1.165, 1.54) is 23.0 Å². The first-order valence-electron chi connectivity index (χ1n) is 12.7. The Morgan fingerprint density at radius 1 is 1.05 bits per heavy atom. The van der Waals surface area contributed by atoms with Crippen molar-refractivity contribution >= 4 is 32.8 Å². The van der Waals surface area contributed by atoms with Crippen molar-refractivity contribution in [1.82, 2.24) is 14.8 Å². The second-order valence-corrected chi connectivity index (χ2v) is 11.0. The summed E-state index contributed by atoms with van der Waals surface area (Å²) in [7, 11) is 0. The fraction of sp³-hybridized carbons (Fsp3) is 0.481. The van der Waals surface area contributed by atoms with E-state index in [-0.39, 0.29) is 24.3 Å². The molecule has 0 saturated carbocycles. The number of benzene rings is 2. The first-order valence-corrected chi connectivity index (χ1v) is 13.5. The Kier molecular flexibility index (Phi) is 7.31. The number of halogens is 3. The van der Waals surface area contributed by atoms with Gasteiger partial charge in [-0.3, -0.25) is 4.90 Å². The van der Waals surface area contributed by atoms with Crippen molar-refractivity contribution in [2.75, 3.05) is 31.1 Å². The summed E-state index contributed by atoms with van der Waals surface area (Å²) >= 11 is 1.25. The lowest BCUT2D eigenvalue weighted by atomic mass is 10.1. The number of carbonyl (C=O) groups excluding carboxylic acids is 1. The summed E-state index contributed by atoms with van der Waals surface area (Å²) in [5.41, 5.74) is 1.16. The molecular formula is C27H31F3N4O2S. The van der Waals surface area contributed by atoms with Crippen LogP contribution in [0.3, 0.4) is 0 Å². The Morgan fingerprint density at radius 2 is 1.78 bits per heavy atom. The van der Waals surface area contributed by atoms with Crippen LogP contribution < -0.4 is 4.90 Å². The number of ether oxygens (including phenoxy) is 1. The molecule has 0 bridgehead atoms. The van der Waals surface area contributed by atoms with Gasteiger partial charge in [0.1, 0.15) is 6.10 Å². The van der Waals surface area contributed by atoms with Crippen molar-refractivity contribution < 1.29 is 22.7 Å². The van der Waals surface area contributed by atoms with Gasteiger partial charge >= 0.3 is 12.3 Å². The highest BCUT2D eigenvalue weighted by atomic mass is 32.1. The Balaban J connectivity index is 1.16. The molecule has 37 heavy (non-hydrogen) atoms. The van der Waals surface area contributed by atoms with Gasteiger partial charge in [-0.15, -0.1) is 0 Å². The highest BCUT2D eigenvalue weighted by molar-refractivity contribution is 7.22. The van der Waals surface area contributed by atoms with E-state index in [9.17, 15) is 18.0 Å². The van der Waals surface area contributed by atoms with Crippen molar-refractivity contribution in [3.8, 4) is 0 Å². The van der Waals surface area contributed by atoms with Crippen LogP contribution in [0.5, 0.6) is 0 Å². The number of hydrogen-bond acceptors (Lipinski definition) is 6. The van der Waals surface area contributed by atoms with E-state index in [2.05, 4.69) is 26.9 Å². The molecule has 3 aromatic rings. The minimum absolute atomic E-state index is 0.0425. The first kappa shape index (κ1) is 25.8. The monoisotopic (exact) mass is 532 g/mol. The van der Waals surface area contributed by atoms with Gasteiger partial charge in [0.2, 0.25) is 0 Å². The molecule has 6 nitrogen and oxygen atoms in total. The summed E-state index contributed by atoms with van der Waals surface area (Å²) in [6.07, 6.45) is -3.14. The van der Waals surface area contributed by atoms with Gasteiger partial charge < -0.3 is 14.5 Å². The van der Waals surface area contributed by atoms with Crippen LogP contribution in [-0.2, 0) is 17.5 Å². The quantitative estimate of drug-likeness (QED) is 0.412. The van der Waals surface area contributed by atoms with Gasteiger partial charge in [0.15, 0.2) is 5.13 Å². The molecular weight excluding hydrogens is 501 g/mol. The number of alkyl halides is 3. The fourth-order valence-corrected chi connectivity index (χ4v) is 6.21. The summed E-state index contributed by atoms with van der Waals surface area (Å²) < 4.78 is 45.7. The second kappa shape index (κ2) is 10.5. The maximum atomic E-state index is 13.1. The number of anilines is 1. The number of hydrogen-bond donors (Lipinski definition) is 0. The number of nitrogens with zero attached hydrogens (tertiary/aromatic N) is 4. The predicted molar refractivity (Wildman–Crippen MR) is 139 cm³/mol. The summed E-state index contributed by atoms with van der Waals surface area (Å²) in [6, 6.07) is 13.9. The third kappa shape index (κ3) is 5.85. The van der Waals surface area contributed by atoms with E-state index < -0.39 is 11.7 Å². The zero-order valence-electron chi connectivity index (χ0n) is 20.9. The van der Waals surface area contributed by atoms with Crippen LogP contribution in [-0.4, -0.2) is 65.2 Å². The average molecular weight is 533 g/mol. The van der Waals surface area contributed by atoms with Gasteiger partial charge in [-0.05, 0) is 50.5 Å². The van der Waals surface area contributed by atoms with Crippen LogP contribution in [0, 0.1) is 0 Å². The SMILES string of the molecule is C[C@@H]1CN(c2nc3ccc(C(F)(F)F)cc3s2)[C@@H](C)CN1C(=O)OC1CCN(Cc2ccccc2)CC1. The van der Waals surface area contributed by atoms with Crippen LogP contribution in [0.15, 0.2) is 48.5 Å². The maximum absolute atomic E-state index is 13.1. The van der Waals surface area contributed by atoms with Crippen molar-refractivity contribution in [2.24, 2.45) is 0 Å². The van der Waals surface area contributed by atoms with Crippen LogP contribution in [0.2, 0.25) is 0 Å². The van der Waals surface area contributed by atoms with Gasteiger partial charge in [-0.25, -0.2) is 9.78 Å². The average Bonchev–Trinajstić information content (AvgIpc) is 3.30. The molecule has 3 heterocycles. The molecule has 5 rings (SSSR count). The van der Waals surface area contributed by atoms with E-state index >= 15 is 0 Å². The van der Waals surface area contributed by atoms with Crippen LogP contribution >= 0.6 is 11.3 Å². The smallest absolute Gasteiger partial charge is 0.416 e. The molecule has 198 valence electrons. The molecule has 1 amide bonds. The van der Waals surface area contributed by atoms with E-state index in [4.69, 9.17) is 4.74 Å². The van der Waals surface area contributed by atoms with Crippen LogP contribution in [0.25, 0.3) is 10.2 Å². The number of amides is 1. The third-order valence-electron chi connectivity index (χ3n) is 7.22. The number of rotatable bonds is 4. The molecule has 2 saturated heterocycles. The van der Waals surface area contributed by atoms with Gasteiger partial charge in [0, 0.05) is 44.8 Å². The number of piperazine rings is 1. The van der Waals surface area contributed by atoms with Gasteiger partial charge in [0.25, 0.3) is 0 Å². The molecule has 2 aliphatic heterocycles. The molecule has 0 spiro atoms. The number of aromatic nitrogens is 1. The highest BCUT2D eigenvalue weighted by Gasteiger charge is 2.36. The summed E-state index contributed by atoms with van der Waals surface area (Å²) in [5, 5.41) is 0.674. The summed E-state index contributed by atoms with van der Waals surface area (Å²) in [4.78, 5) is 23.9. The molecule has 2 aromatic carbocycles. The standard InChI is InChI=1S/C27H31F3N4O2S/c1-18-16-34(26(35)36-22-10-12-32(13-11-22)17-20-6-4-3-5-7-20)19(2)15-33(18)25-31-23-9-8-21(27(28,29)30)14-24(23)37-25/h3-9,14,18-19,22H,10-13,15-17H2,1-2H3/t18-,19+/m0/s1. The lowest BCUT2D eigenvalue weighted by Gasteiger charge is -2.44. The largest absolute Gasteiger partial charge is 0.446 e. The van der Waals surface area contributed by atoms with Crippen LogP contribution in [0.1, 0.15) is 37.8 Å². The van der Waals surface area contributed by atoms with Crippen molar-refractivity contribution in [2.45, 2.75) is 57.6 Å². The minimum atomic E-state index is -4.38. The van der Waals surface area contributed by atoms with Gasteiger partial charge in [-0.2, -0.15) is 13.2 Å². The summed E-state index contributed by atoms with van der Waals surface area (Å²) in [5.74, 6) is 0. The zero-order valence-corrected chi connectivity index (χ0v) is 21.8. The number of piperidine rings is 1. The Labute approximate surface area is 218 Å². The molecule has 10 heteroatoms. The first-order chi connectivity index (χ1) is 17.7. The second-order valence-electron chi connectivity index (χ2n) is 10.0. The minimum Gasteiger partial charge on any atom is -0.446 e. The molecule has 0 aliphatic carbocycles. The number of thiazole rings is 1. The number of likely N-dealkylation sites (tertiary alicyclic amines) is 1. The third-order valence-corrected chi connectivity index (χ3v) is 8.28. The number of carbonyl (C=O) groups is 1. The molecule has 2 aliphatic rings. The molecule has 0 unspecified atom stereocenters. The normalized spacial score (nSPS) is 22.0. The van der Waals surface area contributed by atoms with Gasteiger partial charge in [-0.1, -0.05) is 41.7 Å². The van der Waals surface area contributed by atoms with Gasteiger partial charge in [0.05, 0.1) is 15.8 Å². The topological polar surface area (TPSA) is 48.9 Å². The fourth-order valence-electron chi connectivity index (χ4n) is 5.10. The predicted octanol–water partition coefficient (Wildman–Crippen LogP) is 6.02. The highest BCUT2D eigenvalue weighted by Crippen LogP contribution is 2.36. The van der Waals surface area contributed by atoms with E-state index in [1.54, 1.807) is 4.90 Å². The Morgan fingerprint density at radius 3 is 2.49 bits per heavy atom. The molecule has 0 radical (unpaired) electrons. The lowest BCUT2D eigenvalue weighted by Crippen LogP contribution is -2.58. The van der Waals surface area contributed by atoms with Crippen molar-refractivity contribution in [3.05, 3.63) is 59.7 Å². The molecule has 1 aromatic heterocycles. The van der Waals surface area contributed by atoms with E-state index in [0.29, 0.717) is 28.4 Å². The Bertz CT molecular complexity index is 1230. The molecule has 2 atom stereocenters. The molecule has 0 N–H and O–H groups in total.